The Morgan fingerprint density at radius 1 is 1.71 bits per heavy atom. The van der Waals surface area contributed by atoms with Crippen molar-refractivity contribution < 1.29 is 9.53 Å². The van der Waals surface area contributed by atoms with Gasteiger partial charge in [-0.1, -0.05) is 11.8 Å². The zero-order valence-electron chi connectivity index (χ0n) is 9.80. The monoisotopic (exact) mass is 260 g/mol. The lowest BCUT2D eigenvalue weighted by atomic mass is 10.2. The predicted molar refractivity (Wildman–Crippen MR) is 63.9 cm³/mol. The van der Waals surface area contributed by atoms with Gasteiger partial charge in [-0.2, -0.15) is 0 Å². The summed E-state index contributed by atoms with van der Waals surface area (Å²) in [6.45, 7) is 2.42. The van der Waals surface area contributed by atoms with E-state index in [0.29, 0.717) is 23.9 Å². The van der Waals surface area contributed by atoms with Gasteiger partial charge in [0.1, 0.15) is 6.04 Å². The number of aromatic nitrogens is 3. The summed E-state index contributed by atoms with van der Waals surface area (Å²) in [5.74, 6) is 0.168. The second-order valence-electron chi connectivity index (χ2n) is 3.32. The molecule has 0 aliphatic carbocycles. The fourth-order valence-corrected chi connectivity index (χ4v) is 2.27. The molecule has 1 unspecified atom stereocenters. The largest absolute Gasteiger partial charge is 0.468 e. The maximum Gasteiger partial charge on any atom is 0.343 e. The van der Waals surface area contributed by atoms with Crippen LogP contribution in [-0.4, -0.2) is 39.6 Å². The molecule has 17 heavy (non-hydrogen) atoms. The Labute approximate surface area is 103 Å². The topological polar surface area (TPSA) is 103 Å². The average molecular weight is 260 g/mol. The van der Waals surface area contributed by atoms with Crippen LogP contribution < -0.4 is 11.4 Å². The molecule has 1 aromatic heterocycles. The summed E-state index contributed by atoms with van der Waals surface area (Å²) >= 11 is 1.38. The molecule has 0 aliphatic heterocycles. The van der Waals surface area contributed by atoms with Crippen molar-refractivity contribution in [1.29, 1.82) is 0 Å². The summed E-state index contributed by atoms with van der Waals surface area (Å²) in [6, 6.07) is -0.631. The van der Waals surface area contributed by atoms with Gasteiger partial charge < -0.3 is 10.5 Å². The van der Waals surface area contributed by atoms with E-state index < -0.39 is 12.0 Å². The second kappa shape index (κ2) is 6.45. The van der Waals surface area contributed by atoms with Crippen molar-refractivity contribution in [2.75, 3.05) is 12.9 Å². The molecule has 0 spiro atoms. The van der Waals surface area contributed by atoms with Crippen LogP contribution in [0.3, 0.4) is 0 Å². The smallest absolute Gasteiger partial charge is 0.343 e. The van der Waals surface area contributed by atoms with Crippen LogP contribution in [0.5, 0.6) is 0 Å². The van der Waals surface area contributed by atoms with E-state index in [1.165, 1.54) is 23.4 Å². The molecule has 0 radical (unpaired) electrons. The molecule has 0 aromatic carbocycles. The first kappa shape index (κ1) is 13.8. The summed E-state index contributed by atoms with van der Waals surface area (Å²) in [5.41, 5.74) is 5.35. The van der Waals surface area contributed by atoms with E-state index in [4.69, 9.17) is 5.73 Å². The number of hydrogen-bond donors (Lipinski definition) is 2. The highest BCUT2D eigenvalue weighted by atomic mass is 32.2. The lowest BCUT2D eigenvalue weighted by Crippen LogP contribution is -2.32. The number of aromatic amines is 1. The highest BCUT2D eigenvalue weighted by Crippen LogP contribution is 2.14. The maximum atomic E-state index is 11.3. The Morgan fingerprint density at radius 3 is 3.00 bits per heavy atom. The van der Waals surface area contributed by atoms with E-state index in [1.54, 1.807) is 0 Å². The van der Waals surface area contributed by atoms with Crippen molar-refractivity contribution >= 4 is 17.7 Å². The van der Waals surface area contributed by atoms with Crippen molar-refractivity contribution in [3.8, 4) is 0 Å². The highest BCUT2D eigenvalue weighted by Gasteiger charge is 2.14. The SMILES string of the molecule is CCn1c(SCCC(N)C(=O)OC)n[nH]c1=O. The van der Waals surface area contributed by atoms with Crippen molar-refractivity contribution in [3.63, 3.8) is 0 Å². The molecule has 0 amide bonds. The number of nitrogens with two attached hydrogens (primary N) is 1. The minimum Gasteiger partial charge on any atom is -0.468 e. The molecular formula is C9H16N4O3S. The van der Waals surface area contributed by atoms with E-state index in [2.05, 4.69) is 14.9 Å². The van der Waals surface area contributed by atoms with Gasteiger partial charge in [0.05, 0.1) is 7.11 Å². The molecule has 0 bridgehead atoms. The number of ether oxygens (including phenoxy) is 1. The number of rotatable bonds is 6. The number of hydrogen-bond acceptors (Lipinski definition) is 6. The Balaban J connectivity index is 2.46. The summed E-state index contributed by atoms with van der Waals surface area (Å²) in [4.78, 5) is 22.3. The van der Waals surface area contributed by atoms with Crippen LogP contribution in [-0.2, 0) is 16.1 Å². The molecule has 7 nitrogen and oxygen atoms in total. The zero-order valence-corrected chi connectivity index (χ0v) is 10.6. The van der Waals surface area contributed by atoms with Crippen LogP contribution in [0.25, 0.3) is 0 Å². The Morgan fingerprint density at radius 2 is 2.41 bits per heavy atom. The molecule has 0 saturated heterocycles. The van der Waals surface area contributed by atoms with Crippen molar-refractivity contribution in [1.82, 2.24) is 14.8 Å². The number of thioether (sulfide) groups is 1. The first-order chi connectivity index (χ1) is 8.10. The number of H-pyrrole nitrogens is 1. The average Bonchev–Trinajstić information content (AvgIpc) is 2.68. The molecule has 8 heteroatoms. The summed E-state index contributed by atoms with van der Waals surface area (Å²) < 4.78 is 6.04. The van der Waals surface area contributed by atoms with Gasteiger partial charge in [-0.15, -0.1) is 5.10 Å². The molecule has 1 heterocycles. The summed E-state index contributed by atoms with van der Waals surface area (Å²) in [6.07, 6.45) is 0.474. The minimum atomic E-state index is -0.631. The minimum absolute atomic E-state index is 0.229. The quantitative estimate of drug-likeness (QED) is 0.531. The molecule has 1 aromatic rings. The van der Waals surface area contributed by atoms with Crippen LogP contribution in [0, 0.1) is 0 Å². The van der Waals surface area contributed by atoms with Gasteiger partial charge in [0.25, 0.3) is 0 Å². The lowest BCUT2D eigenvalue weighted by Gasteiger charge is -2.08. The first-order valence-corrected chi connectivity index (χ1v) is 6.20. The van der Waals surface area contributed by atoms with Gasteiger partial charge in [-0.05, 0) is 13.3 Å². The van der Waals surface area contributed by atoms with Gasteiger partial charge >= 0.3 is 11.7 Å². The molecule has 1 atom stereocenters. The molecule has 3 N–H and O–H groups in total. The van der Waals surface area contributed by atoms with Crippen molar-refractivity contribution in [2.24, 2.45) is 5.73 Å². The van der Waals surface area contributed by atoms with E-state index >= 15 is 0 Å². The zero-order chi connectivity index (χ0) is 12.8. The first-order valence-electron chi connectivity index (χ1n) is 5.21. The van der Waals surface area contributed by atoms with Crippen molar-refractivity contribution in [2.45, 2.75) is 31.1 Å². The molecule has 0 fully saturated rings. The third-order valence-corrected chi connectivity index (χ3v) is 3.21. The van der Waals surface area contributed by atoms with Gasteiger partial charge in [-0.3, -0.25) is 9.36 Å². The van der Waals surface area contributed by atoms with Gasteiger partial charge in [0.2, 0.25) is 0 Å². The van der Waals surface area contributed by atoms with Gasteiger partial charge in [0.15, 0.2) is 5.16 Å². The van der Waals surface area contributed by atoms with E-state index in [-0.39, 0.29) is 5.69 Å². The van der Waals surface area contributed by atoms with Crippen LogP contribution in [0.15, 0.2) is 9.95 Å². The molecule has 1 rings (SSSR count). The van der Waals surface area contributed by atoms with E-state index in [9.17, 15) is 9.59 Å². The number of nitrogens with zero attached hydrogens (tertiary/aromatic N) is 2. The fourth-order valence-electron chi connectivity index (χ4n) is 1.24. The normalized spacial score (nSPS) is 12.4. The second-order valence-corrected chi connectivity index (χ2v) is 4.38. The standard InChI is InChI=1S/C9H16N4O3S/c1-3-13-8(15)11-12-9(13)17-5-4-6(10)7(14)16-2/h6H,3-5,10H2,1-2H3,(H,11,15). The Hall–Kier alpha value is -1.28. The van der Waals surface area contributed by atoms with Gasteiger partial charge in [-0.25, -0.2) is 9.89 Å². The van der Waals surface area contributed by atoms with Crippen LogP contribution in [0.4, 0.5) is 0 Å². The lowest BCUT2D eigenvalue weighted by molar-refractivity contribution is -0.142. The highest BCUT2D eigenvalue weighted by molar-refractivity contribution is 7.99. The van der Waals surface area contributed by atoms with Gasteiger partial charge in [0, 0.05) is 12.3 Å². The summed E-state index contributed by atoms with van der Waals surface area (Å²) in [5, 5.41) is 6.86. The molecule has 96 valence electrons. The van der Waals surface area contributed by atoms with E-state index in [1.807, 2.05) is 6.92 Å². The van der Waals surface area contributed by atoms with Crippen LogP contribution in [0.2, 0.25) is 0 Å². The third kappa shape index (κ3) is 3.60. The number of carbonyl (C=O) groups is 1. The summed E-state index contributed by atoms with van der Waals surface area (Å²) in [7, 11) is 1.30. The Bertz CT molecular complexity index is 428. The number of nitrogens with one attached hydrogen (secondary N) is 1. The number of esters is 1. The molecular weight excluding hydrogens is 244 g/mol. The predicted octanol–water partition coefficient (Wildman–Crippen LogP) is -0.426. The third-order valence-electron chi connectivity index (χ3n) is 2.20. The van der Waals surface area contributed by atoms with Crippen molar-refractivity contribution in [3.05, 3.63) is 10.5 Å². The van der Waals surface area contributed by atoms with Crippen LogP contribution >= 0.6 is 11.8 Å². The maximum absolute atomic E-state index is 11.3. The molecule has 0 aliphatic rings. The Kier molecular flexibility index (Phi) is 5.23. The van der Waals surface area contributed by atoms with E-state index in [0.717, 1.165) is 0 Å². The number of methoxy groups -OCH3 is 1. The fraction of sp³-hybridized carbons (Fsp3) is 0.667. The van der Waals surface area contributed by atoms with Crippen LogP contribution in [0.1, 0.15) is 13.3 Å². The molecule has 0 saturated carbocycles. The number of carbonyl (C=O) groups excluding carboxylic acids is 1.